The minimum absolute atomic E-state index is 0.0906. The van der Waals surface area contributed by atoms with Gasteiger partial charge in [-0.3, -0.25) is 9.36 Å². The van der Waals surface area contributed by atoms with Gasteiger partial charge in [0.2, 0.25) is 0 Å². The van der Waals surface area contributed by atoms with E-state index in [9.17, 15) is 4.79 Å². The third-order valence-corrected chi connectivity index (χ3v) is 6.86. The summed E-state index contributed by atoms with van der Waals surface area (Å²) < 4.78 is 3.87. The number of thioether (sulfide) groups is 1. The molecule has 0 unspecified atom stereocenters. The van der Waals surface area contributed by atoms with Gasteiger partial charge in [-0.05, 0) is 38.0 Å². The summed E-state index contributed by atoms with van der Waals surface area (Å²) in [6, 6.07) is 5.97. The fourth-order valence-electron chi connectivity index (χ4n) is 3.13. The van der Waals surface area contributed by atoms with E-state index < -0.39 is 0 Å². The first kappa shape index (κ1) is 18.3. The number of unbranched alkanes of at least 4 members (excludes halogenated alkanes) is 1. The van der Waals surface area contributed by atoms with Gasteiger partial charge in [-0.15, -0.1) is 11.3 Å². The predicted octanol–water partition coefficient (Wildman–Crippen LogP) is 4.81. The van der Waals surface area contributed by atoms with E-state index in [0.717, 1.165) is 45.1 Å². The van der Waals surface area contributed by atoms with E-state index in [1.54, 1.807) is 23.1 Å². The maximum Gasteiger partial charge on any atom is 0.263 e. The molecule has 4 heterocycles. The molecule has 4 aromatic rings. The van der Waals surface area contributed by atoms with Crippen LogP contribution in [0.4, 0.5) is 0 Å². The van der Waals surface area contributed by atoms with Gasteiger partial charge in [0.25, 0.3) is 5.56 Å². The Morgan fingerprint density at radius 1 is 1.22 bits per heavy atom. The number of nitrogens with zero attached hydrogens (tertiary/aromatic N) is 4. The lowest BCUT2D eigenvalue weighted by Crippen LogP contribution is -2.23. The Hall–Kier alpha value is -2.12. The monoisotopic (exact) mass is 398 g/mol. The van der Waals surface area contributed by atoms with E-state index in [0.29, 0.717) is 12.3 Å². The van der Waals surface area contributed by atoms with Gasteiger partial charge >= 0.3 is 0 Å². The Balaban J connectivity index is 1.71. The number of hydrogen-bond donors (Lipinski definition) is 0. The second kappa shape index (κ2) is 7.48. The molecule has 27 heavy (non-hydrogen) atoms. The van der Waals surface area contributed by atoms with Crippen LogP contribution in [-0.4, -0.2) is 18.9 Å². The Kier molecular flexibility index (Phi) is 5.06. The van der Waals surface area contributed by atoms with Crippen LogP contribution in [0.3, 0.4) is 0 Å². The van der Waals surface area contributed by atoms with Crippen LogP contribution in [0.2, 0.25) is 0 Å². The lowest BCUT2D eigenvalue weighted by Gasteiger charge is -2.11. The fraction of sp³-hybridized carbons (Fsp3) is 0.350. The number of rotatable bonds is 6. The molecule has 0 aromatic carbocycles. The highest BCUT2D eigenvalue weighted by Gasteiger charge is 2.17. The van der Waals surface area contributed by atoms with Crippen molar-refractivity contribution in [2.24, 2.45) is 0 Å². The van der Waals surface area contributed by atoms with Crippen LogP contribution in [0.25, 0.3) is 15.9 Å². The van der Waals surface area contributed by atoms with Gasteiger partial charge in [0.15, 0.2) is 5.16 Å². The number of hydrogen-bond acceptors (Lipinski definition) is 5. The molecule has 0 amide bonds. The van der Waals surface area contributed by atoms with Gasteiger partial charge < -0.3 is 4.40 Å². The van der Waals surface area contributed by atoms with Gasteiger partial charge in [0.05, 0.1) is 11.1 Å². The third-order valence-electron chi connectivity index (χ3n) is 4.75. The molecule has 0 aliphatic heterocycles. The number of aryl methyl sites for hydroxylation is 2. The van der Waals surface area contributed by atoms with Crippen LogP contribution in [-0.2, 0) is 12.3 Å². The highest BCUT2D eigenvalue weighted by atomic mass is 32.2. The van der Waals surface area contributed by atoms with E-state index in [-0.39, 0.29) is 5.56 Å². The molecule has 0 aliphatic rings. The van der Waals surface area contributed by atoms with E-state index in [4.69, 9.17) is 4.98 Å². The predicted molar refractivity (Wildman–Crippen MR) is 113 cm³/mol. The van der Waals surface area contributed by atoms with E-state index in [1.165, 1.54) is 4.88 Å². The van der Waals surface area contributed by atoms with Crippen molar-refractivity contribution in [1.29, 1.82) is 0 Å². The summed E-state index contributed by atoms with van der Waals surface area (Å²) in [7, 11) is 0. The molecule has 7 heteroatoms. The topological polar surface area (TPSA) is 52.2 Å². The first-order valence-electron chi connectivity index (χ1n) is 9.14. The van der Waals surface area contributed by atoms with Crippen LogP contribution >= 0.6 is 23.1 Å². The molecular formula is C20H22N4OS2. The first-order valence-corrected chi connectivity index (χ1v) is 10.9. The lowest BCUT2D eigenvalue weighted by atomic mass is 10.2. The normalized spacial score (nSPS) is 11.7. The van der Waals surface area contributed by atoms with Crippen LogP contribution in [0.1, 0.15) is 35.9 Å². The molecule has 0 saturated carbocycles. The zero-order valence-electron chi connectivity index (χ0n) is 15.7. The van der Waals surface area contributed by atoms with Crippen molar-refractivity contribution >= 4 is 39.0 Å². The van der Waals surface area contributed by atoms with Crippen molar-refractivity contribution in [2.45, 2.75) is 51.1 Å². The van der Waals surface area contributed by atoms with Gasteiger partial charge in [-0.2, -0.15) is 0 Å². The largest absolute Gasteiger partial charge is 0.307 e. The van der Waals surface area contributed by atoms with Crippen molar-refractivity contribution in [3.8, 4) is 0 Å². The van der Waals surface area contributed by atoms with Crippen LogP contribution in [0.15, 0.2) is 40.5 Å². The molecular weight excluding hydrogens is 376 g/mol. The van der Waals surface area contributed by atoms with E-state index >= 15 is 0 Å². The molecule has 0 spiro atoms. The molecule has 0 fully saturated rings. The number of imidazole rings is 1. The SMILES string of the molecule is CCCCn1c(SCc2cn3ccccc3n2)nc2sc(C)c(C)c2c1=O. The zero-order chi connectivity index (χ0) is 19.0. The molecule has 140 valence electrons. The summed E-state index contributed by atoms with van der Waals surface area (Å²) in [5.74, 6) is 0.690. The number of thiophene rings is 1. The van der Waals surface area contributed by atoms with Gasteiger partial charge in [0.1, 0.15) is 10.5 Å². The molecule has 4 aromatic heterocycles. The minimum Gasteiger partial charge on any atom is -0.307 e. The highest BCUT2D eigenvalue weighted by Crippen LogP contribution is 2.29. The number of aromatic nitrogens is 4. The maximum atomic E-state index is 13.1. The van der Waals surface area contributed by atoms with Crippen LogP contribution in [0, 0.1) is 13.8 Å². The van der Waals surface area contributed by atoms with Crippen molar-refractivity contribution < 1.29 is 0 Å². The molecule has 0 N–H and O–H groups in total. The maximum absolute atomic E-state index is 13.1. The summed E-state index contributed by atoms with van der Waals surface area (Å²) in [5, 5.41) is 1.57. The fourth-order valence-corrected chi connectivity index (χ4v) is 5.11. The lowest BCUT2D eigenvalue weighted by molar-refractivity contribution is 0.558. The molecule has 0 aliphatic carbocycles. The van der Waals surface area contributed by atoms with Crippen molar-refractivity contribution in [3.05, 3.63) is 57.1 Å². The summed E-state index contributed by atoms with van der Waals surface area (Å²) in [6.45, 7) is 6.92. The van der Waals surface area contributed by atoms with Gasteiger partial charge in [0, 0.05) is 29.6 Å². The Bertz CT molecular complexity index is 1140. The minimum atomic E-state index is 0.0906. The van der Waals surface area contributed by atoms with Crippen LogP contribution in [0.5, 0.6) is 0 Å². The summed E-state index contributed by atoms with van der Waals surface area (Å²) in [5.41, 5.74) is 3.08. The summed E-state index contributed by atoms with van der Waals surface area (Å²) in [6.07, 6.45) is 6.05. The van der Waals surface area contributed by atoms with Crippen molar-refractivity contribution in [2.75, 3.05) is 0 Å². The Morgan fingerprint density at radius 3 is 2.85 bits per heavy atom. The number of pyridine rings is 1. The van der Waals surface area contributed by atoms with Gasteiger partial charge in [-0.25, -0.2) is 9.97 Å². The zero-order valence-corrected chi connectivity index (χ0v) is 17.4. The molecule has 0 radical (unpaired) electrons. The average molecular weight is 399 g/mol. The molecule has 0 atom stereocenters. The van der Waals surface area contributed by atoms with E-state index in [1.807, 2.05) is 46.5 Å². The quantitative estimate of drug-likeness (QED) is 0.345. The Morgan fingerprint density at radius 2 is 2.07 bits per heavy atom. The van der Waals surface area contributed by atoms with Crippen LogP contribution < -0.4 is 5.56 Å². The van der Waals surface area contributed by atoms with Crippen molar-refractivity contribution in [3.63, 3.8) is 0 Å². The molecule has 0 bridgehead atoms. The first-order chi connectivity index (χ1) is 13.1. The van der Waals surface area contributed by atoms with Crippen molar-refractivity contribution in [1.82, 2.24) is 18.9 Å². The third kappa shape index (κ3) is 3.41. The number of fused-ring (bicyclic) bond motifs is 2. The summed E-state index contributed by atoms with van der Waals surface area (Å²) >= 11 is 3.20. The molecule has 5 nitrogen and oxygen atoms in total. The smallest absolute Gasteiger partial charge is 0.263 e. The standard InChI is InChI=1S/C20H22N4OS2/c1-4-5-10-24-19(25)17-13(2)14(3)27-18(17)22-20(24)26-12-15-11-23-9-7-6-8-16(23)21-15/h6-9,11H,4-5,10,12H2,1-3H3. The van der Waals surface area contributed by atoms with E-state index in [2.05, 4.69) is 18.8 Å². The highest BCUT2D eigenvalue weighted by molar-refractivity contribution is 7.98. The van der Waals surface area contributed by atoms with Gasteiger partial charge in [-0.1, -0.05) is 31.2 Å². The molecule has 4 rings (SSSR count). The second-order valence-corrected chi connectivity index (χ2v) is 8.80. The second-order valence-electron chi connectivity index (χ2n) is 6.66. The average Bonchev–Trinajstić information content (AvgIpc) is 3.20. The Labute approximate surface area is 166 Å². The summed E-state index contributed by atoms with van der Waals surface area (Å²) in [4.78, 5) is 24.7. The molecule has 0 saturated heterocycles.